The van der Waals surface area contributed by atoms with Gasteiger partial charge >= 0.3 is 0 Å². The maximum Gasteiger partial charge on any atom is 0.0742 e. The Labute approximate surface area is 80.5 Å². The lowest BCUT2D eigenvalue weighted by atomic mass is 9.97. The van der Waals surface area contributed by atoms with E-state index in [1.807, 2.05) is 12.4 Å². The summed E-state index contributed by atoms with van der Waals surface area (Å²) >= 11 is 0. The van der Waals surface area contributed by atoms with E-state index in [2.05, 4.69) is 37.7 Å². The second kappa shape index (κ2) is 4.35. The van der Waals surface area contributed by atoms with Crippen molar-refractivity contribution < 1.29 is 0 Å². The third kappa shape index (κ3) is 2.51. The van der Waals surface area contributed by atoms with Crippen LogP contribution in [0.5, 0.6) is 0 Å². The molecule has 0 aromatic carbocycles. The summed E-state index contributed by atoms with van der Waals surface area (Å²) in [5.74, 6) is 0.995. The van der Waals surface area contributed by atoms with Crippen LogP contribution in [0.4, 0.5) is 0 Å². The van der Waals surface area contributed by atoms with Gasteiger partial charge < -0.3 is 0 Å². The molecule has 13 heavy (non-hydrogen) atoms. The normalized spacial score (nSPS) is 17.4. The highest BCUT2D eigenvalue weighted by Crippen LogP contribution is 2.21. The second-order valence-corrected chi connectivity index (χ2v) is 3.96. The number of hydrogen-bond acceptors (Lipinski definition) is 2. The van der Waals surface area contributed by atoms with E-state index in [1.54, 1.807) is 0 Å². The van der Waals surface area contributed by atoms with Crippen molar-refractivity contribution in [3.63, 3.8) is 0 Å². The molecule has 0 fully saturated rings. The third-order valence-electron chi connectivity index (χ3n) is 2.11. The number of nitrogens with zero attached hydrogens (tertiary/aromatic N) is 2. The molecule has 1 aliphatic rings. The van der Waals surface area contributed by atoms with Crippen molar-refractivity contribution in [1.29, 1.82) is 0 Å². The van der Waals surface area contributed by atoms with Crippen LogP contribution in [-0.4, -0.2) is 19.0 Å². The van der Waals surface area contributed by atoms with E-state index in [0.717, 1.165) is 0 Å². The summed E-state index contributed by atoms with van der Waals surface area (Å²) in [5.41, 5.74) is 2.47. The minimum atomic E-state index is 0.484. The van der Waals surface area contributed by atoms with E-state index in [4.69, 9.17) is 0 Å². The predicted molar refractivity (Wildman–Crippen MR) is 58.6 cm³/mol. The fraction of sp³-hybridized carbons (Fsp3) is 0.636. The Morgan fingerprint density at radius 2 is 1.85 bits per heavy atom. The Morgan fingerprint density at radius 1 is 1.15 bits per heavy atom. The first-order chi connectivity index (χ1) is 6.13. The van der Waals surface area contributed by atoms with Gasteiger partial charge in [0.2, 0.25) is 0 Å². The van der Waals surface area contributed by atoms with Gasteiger partial charge in [0.15, 0.2) is 0 Å². The van der Waals surface area contributed by atoms with Crippen LogP contribution in [0.15, 0.2) is 21.3 Å². The molecule has 0 saturated heterocycles. The van der Waals surface area contributed by atoms with E-state index in [-0.39, 0.29) is 0 Å². The third-order valence-corrected chi connectivity index (χ3v) is 2.11. The Hall–Kier alpha value is -0.920. The van der Waals surface area contributed by atoms with Gasteiger partial charge in [0, 0.05) is 18.1 Å². The summed E-state index contributed by atoms with van der Waals surface area (Å²) in [7, 11) is 0. The van der Waals surface area contributed by atoms with Crippen molar-refractivity contribution in [1.82, 2.24) is 0 Å². The van der Waals surface area contributed by atoms with Gasteiger partial charge in [-0.2, -0.15) is 0 Å². The molecule has 2 heteroatoms. The lowest BCUT2D eigenvalue weighted by Gasteiger charge is -2.13. The van der Waals surface area contributed by atoms with Crippen LogP contribution >= 0.6 is 0 Å². The molecule has 0 unspecified atom stereocenters. The number of hydrogen-bond donors (Lipinski definition) is 0. The van der Waals surface area contributed by atoms with Crippen molar-refractivity contribution in [2.24, 2.45) is 21.8 Å². The zero-order valence-corrected chi connectivity index (χ0v) is 8.91. The van der Waals surface area contributed by atoms with E-state index in [0.29, 0.717) is 18.4 Å². The summed E-state index contributed by atoms with van der Waals surface area (Å²) in [6.45, 7) is 9.43. The molecule has 0 N–H and O–H groups in total. The summed E-state index contributed by atoms with van der Waals surface area (Å²) in [5, 5.41) is 0. The van der Waals surface area contributed by atoms with Gasteiger partial charge in [-0.15, -0.1) is 0 Å². The van der Waals surface area contributed by atoms with Gasteiger partial charge in [-0.05, 0) is 17.4 Å². The molecule has 1 heterocycles. The van der Waals surface area contributed by atoms with Gasteiger partial charge in [-0.25, -0.2) is 0 Å². The molecule has 0 bridgehead atoms. The average molecular weight is 178 g/mol. The molecule has 0 aromatic heterocycles. The molecule has 0 radical (unpaired) electrons. The van der Waals surface area contributed by atoms with Crippen LogP contribution in [0, 0.1) is 11.8 Å². The molecule has 0 aromatic rings. The topological polar surface area (TPSA) is 24.7 Å². The number of aliphatic imine (C=N–C) groups is 2. The van der Waals surface area contributed by atoms with E-state index >= 15 is 0 Å². The van der Waals surface area contributed by atoms with Crippen LogP contribution < -0.4 is 0 Å². The Bertz CT molecular complexity index is 231. The Morgan fingerprint density at radius 3 is 2.38 bits per heavy atom. The number of allylic oxidation sites excluding steroid dienone is 2. The maximum absolute atomic E-state index is 4.46. The molecule has 1 rings (SSSR count). The molecule has 0 spiro atoms. The van der Waals surface area contributed by atoms with Crippen molar-refractivity contribution in [3.8, 4) is 0 Å². The van der Waals surface area contributed by atoms with Crippen LogP contribution in [0.25, 0.3) is 0 Å². The van der Waals surface area contributed by atoms with E-state index in [1.165, 1.54) is 11.3 Å². The number of rotatable bonds is 2. The summed E-state index contributed by atoms with van der Waals surface area (Å²) in [4.78, 5) is 8.73. The highest BCUT2D eigenvalue weighted by molar-refractivity contribution is 5.83. The van der Waals surface area contributed by atoms with Crippen LogP contribution in [0.1, 0.15) is 27.7 Å². The molecule has 1 aliphatic heterocycles. The first-order valence-electron chi connectivity index (χ1n) is 4.89. The molecule has 2 nitrogen and oxygen atoms in total. The molecule has 0 amide bonds. The molecule has 72 valence electrons. The Kier molecular flexibility index (Phi) is 3.40. The van der Waals surface area contributed by atoms with E-state index in [9.17, 15) is 0 Å². The highest BCUT2D eigenvalue weighted by atomic mass is 14.8. The summed E-state index contributed by atoms with van der Waals surface area (Å²) < 4.78 is 0. The van der Waals surface area contributed by atoms with Gasteiger partial charge in [0.25, 0.3) is 0 Å². The van der Waals surface area contributed by atoms with Crippen LogP contribution in [0.2, 0.25) is 0 Å². The second-order valence-electron chi connectivity index (χ2n) is 3.96. The largest absolute Gasteiger partial charge is 0.287 e. The van der Waals surface area contributed by atoms with Crippen molar-refractivity contribution in [2.75, 3.05) is 6.54 Å². The van der Waals surface area contributed by atoms with E-state index < -0.39 is 0 Å². The standard InChI is InChI=1S/C11H18N2/c1-8(2)10-7-12-5-6-13-11(10)9(3)4/h6-9H,5H2,1-4H3. The van der Waals surface area contributed by atoms with Gasteiger partial charge in [-0.1, -0.05) is 27.7 Å². The van der Waals surface area contributed by atoms with Crippen molar-refractivity contribution in [3.05, 3.63) is 11.3 Å². The zero-order chi connectivity index (χ0) is 9.84. The van der Waals surface area contributed by atoms with Gasteiger partial charge in [0.05, 0.1) is 6.54 Å². The summed E-state index contributed by atoms with van der Waals surface area (Å²) in [6.07, 6.45) is 3.87. The molecule has 0 saturated carbocycles. The fourth-order valence-corrected chi connectivity index (χ4v) is 1.41. The SMILES string of the molecule is CC(C)C1=C(C(C)C)N=CCN=C1. The van der Waals surface area contributed by atoms with Crippen molar-refractivity contribution >= 4 is 12.4 Å². The quantitative estimate of drug-likeness (QED) is 0.621. The van der Waals surface area contributed by atoms with Crippen LogP contribution in [-0.2, 0) is 0 Å². The molecule has 0 aliphatic carbocycles. The maximum atomic E-state index is 4.46. The summed E-state index contributed by atoms with van der Waals surface area (Å²) in [6, 6.07) is 0. The highest BCUT2D eigenvalue weighted by Gasteiger charge is 2.12. The minimum absolute atomic E-state index is 0.484. The zero-order valence-electron chi connectivity index (χ0n) is 8.91. The lowest BCUT2D eigenvalue weighted by molar-refractivity contribution is 0.709. The lowest BCUT2D eigenvalue weighted by Crippen LogP contribution is -2.03. The predicted octanol–water partition coefficient (Wildman–Crippen LogP) is 2.71. The monoisotopic (exact) mass is 178 g/mol. The Balaban J connectivity index is 3.07. The molecule has 0 atom stereocenters. The van der Waals surface area contributed by atoms with Gasteiger partial charge in [0.1, 0.15) is 0 Å². The molecular formula is C11H18N2. The first-order valence-corrected chi connectivity index (χ1v) is 4.89. The van der Waals surface area contributed by atoms with Gasteiger partial charge in [-0.3, -0.25) is 9.98 Å². The van der Waals surface area contributed by atoms with Crippen molar-refractivity contribution in [2.45, 2.75) is 27.7 Å². The molecular weight excluding hydrogens is 160 g/mol. The smallest absolute Gasteiger partial charge is 0.0742 e. The average Bonchev–Trinajstić information content (AvgIpc) is 2.27. The van der Waals surface area contributed by atoms with Crippen LogP contribution in [0.3, 0.4) is 0 Å². The minimum Gasteiger partial charge on any atom is -0.287 e. The fourth-order valence-electron chi connectivity index (χ4n) is 1.41. The first kappa shape index (κ1) is 10.2.